The van der Waals surface area contributed by atoms with Crippen LogP contribution in [0.15, 0.2) is 16.6 Å². The van der Waals surface area contributed by atoms with Gasteiger partial charge in [0.1, 0.15) is 16.8 Å². The van der Waals surface area contributed by atoms with Crippen LogP contribution in [0.1, 0.15) is 5.82 Å². The van der Waals surface area contributed by atoms with Gasteiger partial charge < -0.3 is 0 Å². The highest BCUT2D eigenvalue weighted by molar-refractivity contribution is 9.10. The second kappa shape index (κ2) is 3.44. The van der Waals surface area contributed by atoms with Gasteiger partial charge in [-0.1, -0.05) is 27.5 Å². The Hall–Kier alpha value is -0.740. The van der Waals surface area contributed by atoms with E-state index < -0.39 is 5.82 Å². The van der Waals surface area contributed by atoms with E-state index in [2.05, 4.69) is 25.9 Å². The van der Waals surface area contributed by atoms with E-state index in [4.69, 9.17) is 11.6 Å². The van der Waals surface area contributed by atoms with Crippen LogP contribution < -0.4 is 0 Å². The van der Waals surface area contributed by atoms with Crippen LogP contribution in [0.4, 0.5) is 4.39 Å². The van der Waals surface area contributed by atoms with Gasteiger partial charge in [0, 0.05) is 4.47 Å². The molecule has 0 saturated heterocycles. The van der Waals surface area contributed by atoms with Gasteiger partial charge >= 0.3 is 0 Å². The molecule has 1 aromatic heterocycles. The van der Waals surface area contributed by atoms with Gasteiger partial charge in [-0.15, -0.1) is 0 Å². The summed E-state index contributed by atoms with van der Waals surface area (Å²) in [6.07, 6.45) is 0. The van der Waals surface area contributed by atoms with Crippen molar-refractivity contribution in [2.75, 3.05) is 0 Å². The maximum Gasteiger partial charge on any atom is 0.143 e. The Labute approximate surface area is 93.3 Å². The molecule has 1 aromatic carbocycles. The molecule has 1 heterocycles. The van der Waals surface area contributed by atoms with Crippen molar-refractivity contribution in [3.8, 4) is 0 Å². The largest absolute Gasteiger partial charge is 0.233 e. The highest BCUT2D eigenvalue weighted by Gasteiger charge is 2.09. The number of aromatic nitrogens is 2. The summed E-state index contributed by atoms with van der Waals surface area (Å²) in [5.41, 5.74) is 0.509. The molecule has 2 nitrogen and oxygen atoms in total. The Kier molecular flexibility index (Phi) is 2.41. The van der Waals surface area contributed by atoms with Crippen molar-refractivity contribution in [3.63, 3.8) is 0 Å². The fourth-order valence-corrected chi connectivity index (χ4v) is 1.98. The van der Waals surface area contributed by atoms with Crippen molar-refractivity contribution in [2.45, 2.75) is 6.92 Å². The zero-order valence-electron chi connectivity index (χ0n) is 7.18. The molecular weight excluding hydrogens is 270 g/mol. The van der Waals surface area contributed by atoms with Crippen LogP contribution in [0.3, 0.4) is 0 Å². The van der Waals surface area contributed by atoms with Gasteiger partial charge in [0.15, 0.2) is 0 Å². The molecule has 0 radical (unpaired) electrons. The smallest absolute Gasteiger partial charge is 0.143 e. The highest BCUT2D eigenvalue weighted by atomic mass is 79.9. The highest BCUT2D eigenvalue weighted by Crippen LogP contribution is 2.26. The molecule has 14 heavy (non-hydrogen) atoms. The number of nitrogens with zero attached hydrogens (tertiary/aromatic N) is 2. The number of benzene rings is 1. The van der Waals surface area contributed by atoms with Crippen LogP contribution in [0.2, 0.25) is 5.15 Å². The first-order valence-corrected chi connectivity index (χ1v) is 5.04. The summed E-state index contributed by atoms with van der Waals surface area (Å²) in [6, 6.07) is 3.05. The Morgan fingerprint density at radius 3 is 2.79 bits per heavy atom. The van der Waals surface area contributed by atoms with E-state index in [0.717, 1.165) is 0 Å². The lowest BCUT2D eigenvalue weighted by Gasteiger charge is -2.02. The van der Waals surface area contributed by atoms with E-state index in [9.17, 15) is 4.39 Å². The topological polar surface area (TPSA) is 25.8 Å². The quantitative estimate of drug-likeness (QED) is 0.688. The van der Waals surface area contributed by atoms with Gasteiger partial charge in [-0.3, -0.25) is 0 Å². The first-order valence-electron chi connectivity index (χ1n) is 3.87. The Balaban J connectivity index is 2.94. The van der Waals surface area contributed by atoms with Crippen LogP contribution in [-0.2, 0) is 0 Å². The maximum atomic E-state index is 13.4. The standard InChI is InChI=1S/C9H5BrClFN2/c1-4-13-7-3-5(10)2-6(12)8(7)9(11)14-4/h2-3H,1H3. The Morgan fingerprint density at radius 2 is 2.07 bits per heavy atom. The molecule has 0 spiro atoms. The molecule has 0 N–H and O–H groups in total. The molecule has 0 aliphatic rings. The summed E-state index contributed by atoms with van der Waals surface area (Å²) in [4.78, 5) is 7.98. The zero-order chi connectivity index (χ0) is 10.3. The third kappa shape index (κ3) is 1.60. The molecule has 72 valence electrons. The molecule has 0 amide bonds. The van der Waals surface area contributed by atoms with Crippen molar-refractivity contribution in [2.24, 2.45) is 0 Å². The second-order valence-corrected chi connectivity index (χ2v) is 4.12. The minimum atomic E-state index is -0.417. The van der Waals surface area contributed by atoms with Crippen molar-refractivity contribution < 1.29 is 4.39 Å². The van der Waals surface area contributed by atoms with Crippen LogP contribution >= 0.6 is 27.5 Å². The minimum Gasteiger partial charge on any atom is -0.233 e. The monoisotopic (exact) mass is 274 g/mol. The Morgan fingerprint density at radius 1 is 1.36 bits per heavy atom. The predicted octanol–water partition coefficient (Wildman–Crippen LogP) is 3.49. The van der Waals surface area contributed by atoms with Gasteiger partial charge in [0.05, 0.1) is 10.9 Å². The number of aryl methyl sites for hydroxylation is 1. The van der Waals surface area contributed by atoms with Crippen LogP contribution in [0.25, 0.3) is 10.9 Å². The number of hydrogen-bond acceptors (Lipinski definition) is 2. The lowest BCUT2D eigenvalue weighted by molar-refractivity contribution is 0.638. The summed E-state index contributed by atoms with van der Waals surface area (Å²) in [7, 11) is 0. The van der Waals surface area contributed by atoms with Crippen LogP contribution in [0.5, 0.6) is 0 Å². The fraction of sp³-hybridized carbons (Fsp3) is 0.111. The first-order chi connectivity index (χ1) is 6.58. The molecule has 0 saturated carbocycles. The molecular formula is C9H5BrClFN2. The fourth-order valence-electron chi connectivity index (χ4n) is 1.25. The molecule has 0 aliphatic heterocycles. The molecule has 0 fully saturated rings. The molecule has 2 rings (SSSR count). The molecule has 0 unspecified atom stereocenters. The molecule has 0 aliphatic carbocycles. The Bertz CT molecular complexity index is 473. The van der Waals surface area contributed by atoms with Crippen LogP contribution in [0, 0.1) is 12.7 Å². The minimum absolute atomic E-state index is 0.150. The van der Waals surface area contributed by atoms with E-state index in [1.807, 2.05) is 0 Å². The third-order valence-corrected chi connectivity index (χ3v) is 2.51. The SMILES string of the molecule is Cc1nc(Cl)c2c(F)cc(Br)cc2n1. The number of rotatable bonds is 0. The maximum absolute atomic E-state index is 13.4. The molecule has 0 bridgehead atoms. The van der Waals surface area contributed by atoms with E-state index in [-0.39, 0.29) is 10.5 Å². The van der Waals surface area contributed by atoms with Crippen LogP contribution in [-0.4, -0.2) is 9.97 Å². The summed E-state index contributed by atoms with van der Waals surface area (Å²) < 4.78 is 14.1. The van der Waals surface area contributed by atoms with E-state index >= 15 is 0 Å². The first kappa shape index (κ1) is 9.80. The summed E-state index contributed by atoms with van der Waals surface area (Å²) >= 11 is 9.00. The predicted molar refractivity (Wildman–Crippen MR) is 56.9 cm³/mol. The van der Waals surface area contributed by atoms with Crippen molar-refractivity contribution in [1.29, 1.82) is 0 Å². The van der Waals surface area contributed by atoms with E-state index in [0.29, 0.717) is 15.8 Å². The number of hydrogen-bond donors (Lipinski definition) is 0. The zero-order valence-corrected chi connectivity index (χ0v) is 9.52. The van der Waals surface area contributed by atoms with E-state index in [1.165, 1.54) is 6.07 Å². The second-order valence-electron chi connectivity index (χ2n) is 2.84. The van der Waals surface area contributed by atoms with Gasteiger partial charge in [0.2, 0.25) is 0 Å². The number of fused-ring (bicyclic) bond motifs is 1. The van der Waals surface area contributed by atoms with Gasteiger partial charge in [-0.2, -0.15) is 0 Å². The van der Waals surface area contributed by atoms with Crippen molar-refractivity contribution in [1.82, 2.24) is 9.97 Å². The molecule has 0 atom stereocenters. The normalized spacial score (nSPS) is 10.9. The van der Waals surface area contributed by atoms with Gasteiger partial charge in [-0.05, 0) is 19.1 Å². The number of halogens is 3. The van der Waals surface area contributed by atoms with Crippen molar-refractivity contribution in [3.05, 3.63) is 33.4 Å². The average molecular weight is 276 g/mol. The van der Waals surface area contributed by atoms with Gasteiger partial charge in [0.25, 0.3) is 0 Å². The lowest BCUT2D eigenvalue weighted by atomic mass is 10.2. The molecule has 5 heteroatoms. The average Bonchev–Trinajstić information content (AvgIpc) is 1.99. The molecule has 2 aromatic rings. The van der Waals surface area contributed by atoms with E-state index in [1.54, 1.807) is 13.0 Å². The van der Waals surface area contributed by atoms with Gasteiger partial charge in [-0.25, -0.2) is 14.4 Å². The summed E-state index contributed by atoms with van der Waals surface area (Å²) in [5, 5.41) is 0.415. The summed E-state index contributed by atoms with van der Waals surface area (Å²) in [5.74, 6) is 0.111. The van der Waals surface area contributed by atoms with Crippen molar-refractivity contribution >= 4 is 38.4 Å². The lowest BCUT2D eigenvalue weighted by Crippen LogP contribution is -1.92. The third-order valence-electron chi connectivity index (χ3n) is 1.78. The summed E-state index contributed by atoms with van der Waals surface area (Å²) in [6.45, 7) is 1.71.